The van der Waals surface area contributed by atoms with Crippen LogP contribution in [-0.2, 0) is 0 Å². The Labute approximate surface area is 137 Å². The van der Waals surface area contributed by atoms with E-state index in [-0.39, 0.29) is 17.8 Å². The highest BCUT2D eigenvalue weighted by Crippen LogP contribution is 2.47. The van der Waals surface area contributed by atoms with E-state index in [2.05, 4.69) is 20.7 Å². The first-order valence-electron chi connectivity index (χ1n) is 7.98. The molecule has 0 bridgehead atoms. The Morgan fingerprint density at radius 3 is 2.38 bits per heavy atom. The third kappa shape index (κ3) is 4.31. The van der Waals surface area contributed by atoms with Crippen molar-refractivity contribution in [2.24, 2.45) is 5.41 Å². The molecule has 0 radical (unpaired) electrons. The largest absolute Gasteiger partial charge is 0.573 e. The van der Waals surface area contributed by atoms with Crippen LogP contribution >= 0.6 is 0 Å². The second kappa shape index (κ2) is 6.51. The number of nitrogens with one attached hydrogen (secondary N) is 3. The summed E-state index contributed by atoms with van der Waals surface area (Å²) in [5.74, 6) is -0.319. The van der Waals surface area contributed by atoms with Crippen LogP contribution < -0.4 is 20.7 Å². The second-order valence-corrected chi connectivity index (χ2v) is 6.53. The van der Waals surface area contributed by atoms with E-state index in [9.17, 15) is 18.0 Å². The summed E-state index contributed by atoms with van der Waals surface area (Å²) in [6.07, 6.45) is -0.455. The number of hydrogen-bond donors (Lipinski definition) is 3. The lowest BCUT2D eigenvalue weighted by atomic mass is 9.60. The molecule has 8 heteroatoms. The Kier molecular flexibility index (Phi) is 4.58. The highest BCUT2D eigenvalue weighted by Gasteiger charge is 2.44. The Morgan fingerprint density at radius 1 is 1.17 bits per heavy atom. The predicted molar refractivity (Wildman–Crippen MR) is 82.8 cm³/mol. The van der Waals surface area contributed by atoms with Crippen molar-refractivity contribution in [1.29, 1.82) is 0 Å². The molecular weight excluding hydrogens is 323 g/mol. The first-order chi connectivity index (χ1) is 11.3. The van der Waals surface area contributed by atoms with Crippen LogP contribution in [-0.4, -0.2) is 31.5 Å². The number of hydrogen-bond acceptors (Lipinski definition) is 3. The molecule has 1 aliphatic carbocycles. The first kappa shape index (κ1) is 16.9. The average Bonchev–Trinajstić information content (AvgIpc) is 2.47. The van der Waals surface area contributed by atoms with E-state index in [1.54, 1.807) is 0 Å². The molecule has 2 amide bonds. The van der Waals surface area contributed by atoms with Gasteiger partial charge in [-0.05, 0) is 68.5 Å². The van der Waals surface area contributed by atoms with Gasteiger partial charge in [-0.2, -0.15) is 0 Å². The van der Waals surface area contributed by atoms with Gasteiger partial charge in [0.25, 0.3) is 0 Å². The molecule has 2 fully saturated rings. The lowest BCUT2D eigenvalue weighted by molar-refractivity contribution is -0.274. The molecule has 5 nitrogen and oxygen atoms in total. The summed E-state index contributed by atoms with van der Waals surface area (Å²) in [6, 6.07) is 4.89. The predicted octanol–water partition coefficient (Wildman–Crippen LogP) is 3.24. The van der Waals surface area contributed by atoms with E-state index in [4.69, 9.17) is 0 Å². The van der Waals surface area contributed by atoms with E-state index in [0.29, 0.717) is 11.1 Å². The number of carbonyl (C=O) groups is 1. The van der Waals surface area contributed by atoms with Gasteiger partial charge < -0.3 is 20.7 Å². The molecule has 1 saturated carbocycles. The van der Waals surface area contributed by atoms with Crippen LogP contribution in [0.1, 0.15) is 25.7 Å². The first-order valence-corrected chi connectivity index (χ1v) is 7.98. The van der Waals surface area contributed by atoms with E-state index >= 15 is 0 Å². The summed E-state index contributed by atoms with van der Waals surface area (Å²) in [5, 5.41) is 8.87. The van der Waals surface area contributed by atoms with Crippen molar-refractivity contribution in [3.8, 4) is 5.75 Å². The third-order valence-corrected chi connectivity index (χ3v) is 4.70. The van der Waals surface area contributed by atoms with Crippen molar-refractivity contribution in [3.05, 3.63) is 24.3 Å². The summed E-state index contributed by atoms with van der Waals surface area (Å²) in [5.41, 5.74) is 0.790. The fourth-order valence-electron chi connectivity index (χ4n) is 3.55. The van der Waals surface area contributed by atoms with Crippen molar-refractivity contribution in [3.63, 3.8) is 0 Å². The fourth-order valence-corrected chi connectivity index (χ4v) is 3.55. The van der Waals surface area contributed by atoms with Crippen molar-refractivity contribution >= 4 is 11.7 Å². The Hall–Kier alpha value is -1.96. The third-order valence-electron chi connectivity index (χ3n) is 4.70. The lowest BCUT2D eigenvalue weighted by Crippen LogP contribution is -2.55. The van der Waals surface area contributed by atoms with Crippen LogP contribution in [0.15, 0.2) is 24.3 Å². The number of halogens is 3. The summed E-state index contributed by atoms with van der Waals surface area (Å²) in [7, 11) is 0. The smallest absolute Gasteiger partial charge is 0.406 e. The van der Waals surface area contributed by atoms with Gasteiger partial charge in [-0.15, -0.1) is 13.2 Å². The summed E-state index contributed by atoms with van der Waals surface area (Å²) >= 11 is 0. The zero-order chi connectivity index (χ0) is 17.2. The summed E-state index contributed by atoms with van der Waals surface area (Å²) in [4.78, 5) is 12.0. The van der Waals surface area contributed by atoms with Gasteiger partial charge in [0.05, 0.1) is 0 Å². The van der Waals surface area contributed by atoms with Crippen molar-refractivity contribution in [2.75, 3.05) is 18.4 Å². The molecule has 132 valence electrons. The molecule has 1 aromatic carbocycles. The molecule has 1 heterocycles. The Bertz CT molecular complexity index is 575. The summed E-state index contributed by atoms with van der Waals surface area (Å²) < 4.78 is 40.0. The second-order valence-electron chi connectivity index (χ2n) is 6.53. The van der Waals surface area contributed by atoms with Gasteiger partial charge in [-0.3, -0.25) is 0 Å². The number of alkyl halides is 3. The normalized spacial score (nSPS) is 20.3. The monoisotopic (exact) mass is 343 g/mol. The number of benzene rings is 1. The Balaban J connectivity index is 1.44. The molecule has 1 spiro atoms. The van der Waals surface area contributed by atoms with Crippen LogP contribution in [0.4, 0.5) is 23.7 Å². The number of anilines is 1. The standard InChI is InChI=1S/C16H20F3N3O2/c17-16(18,19)24-13-3-1-11(2-4-13)21-14(23)22-12-9-15(10-12)5-7-20-8-6-15/h1-4,12,20H,5-10H2,(H2,21,22,23). The maximum absolute atomic E-state index is 12.1. The minimum Gasteiger partial charge on any atom is -0.406 e. The molecule has 1 aliphatic heterocycles. The molecule has 2 aliphatic rings. The van der Waals surface area contributed by atoms with E-state index in [1.807, 2.05) is 0 Å². The molecule has 1 aromatic rings. The zero-order valence-electron chi connectivity index (χ0n) is 13.1. The molecule has 3 N–H and O–H groups in total. The maximum atomic E-state index is 12.1. The van der Waals surface area contributed by atoms with Crippen molar-refractivity contribution in [2.45, 2.75) is 38.1 Å². The van der Waals surface area contributed by atoms with Gasteiger partial charge in [-0.1, -0.05) is 0 Å². The Morgan fingerprint density at radius 2 is 1.79 bits per heavy atom. The number of rotatable bonds is 3. The molecule has 24 heavy (non-hydrogen) atoms. The van der Waals surface area contributed by atoms with Crippen LogP contribution in [0.5, 0.6) is 5.75 Å². The van der Waals surface area contributed by atoms with Gasteiger partial charge in [0.15, 0.2) is 0 Å². The van der Waals surface area contributed by atoms with Crippen LogP contribution in [0.2, 0.25) is 0 Å². The molecule has 1 saturated heterocycles. The fraction of sp³-hybridized carbons (Fsp3) is 0.562. The quantitative estimate of drug-likeness (QED) is 0.790. The van der Waals surface area contributed by atoms with Crippen LogP contribution in [0, 0.1) is 5.41 Å². The van der Waals surface area contributed by atoms with E-state index in [1.165, 1.54) is 12.1 Å². The van der Waals surface area contributed by atoms with E-state index in [0.717, 1.165) is 50.9 Å². The topological polar surface area (TPSA) is 62.4 Å². The van der Waals surface area contributed by atoms with Gasteiger partial charge in [0.1, 0.15) is 5.75 Å². The zero-order valence-corrected chi connectivity index (χ0v) is 13.1. The number of urea groups is 1. The van der Waals surface area contributed by atoms with Gasteiger partial charge in [-0.25, -0.2) is 4.79 Å². The molecule has 0 unspecified atom stereocenters. The van der Waals surface area contributed by atoms with Crippen LogP contribution in [0.25, 0.3) is 0 Å². The number of ether oxygens (including phenoxy) is 1. The highest BCUT2D eigenvalue weighted by atomic mass is 19.4. The van der Waals surface area contributed by atoms with Gasteiger partial charge in [0, 0.05) is 11.7 Å². The number of piperidine rings is 1. The SMILES string of the molecule is O=C(Nc1ccc(OC(F)(F)F)cc1)NC1CC2(CCNCC2)C1. The maximum Gasteiger partial charge on any atom is 0.573 e. The summed E-state index contributed by atoms with van der Waals surface area (Å²) in [6.45, 7) is 2.07. The molecule has 0 aromatic heterocycles. The van der Waals surface area contributed by atoms with Gasteiger partial charge >= 0.3 is 12.4 Å². The minimum absolute atomic E-state index is 0.163. The number of carbonyl (C=O) groups excluding carboxylic acids is 1. The molecular formula is C16H20F3N3O2. The highest BCUT2D eigenvalue weighted by molar-refractivity contribution is 5.89. The molecule has 3 rings (SSSR count). The average molecular weight is 343 g/mol. The molecule has 0 atom stereocenters. The van der Waals surface area contributed by atoms with Gasteiger partial charge in [0.2, 0.25) is 0 Å². The lowest BCUT2D eigenvalue weighted by Gasteiger charge is -2.50. The van der Waals surface area contributed by atoms with Crippen molar-refractivity contribution in [1.82, 2.24) is 10.6 Å². The van der Waals surface area contributed by atoms with E-state index < -0.39 is 6.36 Å². The number of amides is 2. The van der Waals surface area contributed by atoms with Crippen molar-refractivity contribution < 1.29 is 22.7 Å². The van der Waals surface area contributed by atoms with Crippen LogP contribution in [0.3, 0.4) is 0 Å². The minimum atomic E-state index is -4.72.